The summed E-state index contributed by atoms with van der Waals surface area (Å²) in [7, 11) is 0. The van der Waals surface area contributed by atoms with Gasteiger partial charge in [0.25, 0.3) is 11.5 Å². The van der Waals surface area contributed by atoms with Crippen molar-refractivity contribution in [3.63, 3.8) is 0 Å². The number of H-pyrrole nitrogens is 1. The predicted molar refractivity (Wildman–Crippen MR) is 135 cm³/mol. The summed E-state index contributed by atoms with van der Waals surface area (Å²) in [6.07, 6.45) is 1.18. The minimum Gasteiger partial charge on any atom is -0.382 e. The second-order valence-electron chi connectivity index (χ2n) is 8.34. The number of benzene rings is 2. The number of nitrogens with two attached hydrogens (primary N) is 1. The normalized spacial score (nSPS) is 10.9. The summed E-state index contributed by atoms with van der Waals surface area (Å²) in [5.41, 5.74) is 8.75. The standard InChI is InChI=1S/C25H25N7O3/c1-4-19(33)28-17-9-11-18(12-10-17)32-22(20-21(31-32)25(35)30-29-23(20)26)15-5-7-16(8-6-15)24(34)27-13-14(2)3/h4-12,14H,1,13H2,2-3H3,(H2,26,29)(H,27,34)(H,28,33)(H,30,35). The van der Waals surface area contributed by atoms with Gasteiger partial charge >= 0.3 is 0 Å². The molecule has 2 aromatic heterocycles. The SMILES string of the molecule is C=CC(=O)Nc1ccc(-n2nc3c(=O)[nH]nc(N)c3c2-c2ccc(C(=O)NCC(C)C)cc2)cc1. The predicted octanol–water partition coefficient (Wildman–Crippen LogP) is 2.87. The van der Waals surface area contributed by atoms with Crippen molar-refractivity contribution in [2.24, 2.45) is 5.92 Å². The number of amides is 2. The zero-order valence-electron chi connectivity index (χ0n) is 19.3. The lowest BCUT2D eigenvalue weighted by atomic mass is 10.1. The number of anilines is 2. The fraction of sp³-hybridized carbons (Fsp3) is 0.160. The van der Waals surface area contributed by atoms with E-state index in [0.29, 0.717) is 46.0 Å². The molecule has 4 aromatic rings. The van der Waals surface area contributed by atoms with Crippen molar-refractivity contribution in [1.29, 1.82) is 0 Å². The monoisotopic (exact) mass is 471 g/mol. The number of nitrogens with zero attached hydrogens (tertiary/aromatic N) is 3. The van der Waals surface area contributed by atoms with Crippen LogP contribution in [0, 0.1) is 5.92 Å². The van der Waals surface area contributed by atoms with Gasteiger partial charge in [-0.15, -0.1) is 0 Å². The largest absolute Gasteiger partial charge is 0.382 e. The summed E-state index contributed by atoms with van der Waals surface area (Å²) in [6.45, 7) is 8.06. The Labute approximate surface area is 200 Å². The van der Waals surface area contributed by atoms with Crippen LogP contribution in [-0.4, -0.2) is 38.3 Å². The van der Waals surface area contributed by atoms with Crippen LogP contribution in [0.25, 0.3) is 27.8 Å². The first kappa shape index (κ1) is 23.4. The molecular formula is C25H25N7O3. The second kappa shape index (κ2) is 9.64. The molecule has 0 aliphatic heterocycles. The van der Waals surface area contributed by atoms with Gasteiger partial charge in [-0.2, -0.15) is 10.2 Å². The average molecular weight is 472 g/mol. The molecule has 0 bridgehead atoms. The van der Waals surface area contributed by atoms with Gasteiger partial charge in [-0.3, -0.25) is 14.4 Å². The van der Waals surface area contributed by atoms with Crippen molar-refractivity contribution in [2.75, 3.05) is 17.6 Å². The van der Waals surface area contributed by atoms with Crippen LogP contribution in [0.15, 0.2) is 66.0 Å². The number of nitrogen functional groups attached to an aromatic ring is 1. The van der Waals surface area contributed by atoms with E-state index in [1.807, 2.05) is 13.8 Å². The Balaban J connectivity index is 1.80. The van der Waals surface area contributed by atoms with Gasteiger partial charge in [0.05, 0.1) is 16.8 Å². The summed E-state index contributed by atoms with van der Waals surface area (Å²) in [6, 6.07) is 13.9. The van der Waals surface area contributed by atoms with E-state index in [0.717, 1.165) is 0 Å². The van der Waals surface area contributed by atoms with Crippen molar-refractivity contribution in [2.45, 2.75) is 13.8 Å². The van der Waals surface area contributed by atoms with Gasteiger partial charge in [-0.1, -0.05) is 32.6 Å². The first-order chi connectivity index (χ1) is 16.8. The van der Waals surface area contributed by atoms with Crippen molar-refractivity contribution in [3.05, 3.63) is 77.1 Å². The maximum absolute atomic E-state index is 12.5. The maximum Gasteiger partial charge on any atom is 0.292 e. The second-order valence-corrected chi connectivity index (χ2v) is 8.34. The number of hydrogen-bond acceptors (Lipinski definition) is 6. The molecule has 10 heteroatoms. The van der Waals surface area contributed by atoms with E-state index in [2.05, 4.69) is 32.5 Å². The molecule has 0 saturated heterocycles. The van der Waals surface area contributed by atoms with Gasteiger partial charge < -0.3 is 16.4 Å². The lowest BCUT2D eigenvalue weighted by molar-refractivity contribution is -0.111. The van der Waals surface area contributed by atoms with Crippen LogP contribution in [0.5, 0.6) is 0 Å². The van der Waals surface area contributed by atoms with Crippen LogP contribution in [0.1, 0.15) is 24.2 Å². The lowest BCUT2D eigenvalue weighted by Gasteiger charge is -2.11. The summed E-state index contributed by atoms with van der Waals surface area (Å²) >= 11 is 0. The molecule has 10 nitrogen and oxygen atoms in total. The third-order valence-corrected chi connectivity index (χ3v) is 5.29. The smallest absolute Gasteiger partial charge is 0.292 e. The van der Waals surface area contributed by atoms with Gasteiger partial charge in [-0.25, -0.2) is 9.78 Å². The van der Waals surface area contributed by atoms with Gasteiger partial charge in [0.15, 0.2) is 11.3 Å². The number of hydrogen-bond donors (Lipinski definition) is 4. The topological polar surface area (TPSA) is 148 Å². The van der Waals surface area contributed by atoms with E-state index in [-0.39, 0.29) is 23.1 Å². The Kier molecular flexibility index (Phi) is 6.45. The molecule has 0 spiro atoms. The quantitative estimate of drug-likeness (QED) is 0.305. The molecule has 0 aliphatic rings. The minimum absolute atomic E-state index is 0.120. The molecule has 0 unspecified atom stereocenters. The molecule has 5 N–H and O–H groups in total. The van der Waals surface area contributed by atoms with E-state index in [4.69, 9.17) is 5.73 Å². The van der Waals surface area contributed by atoms with Crippen LogP contribution in [-0.2, 0) is 4.79 Å². The molecule has 0 radical (unpaired) electrons. The van der Waals surface area contributed by atoms with Crippen LogP contribution < -0.4 is 21.9 Å². The molecule has 0 fully saturated rings. The zero-order valence-corrected chi connectivity index (χ0v) is 19.3. The number of rotatable bonds is 7. The van der Waals surface area contributed by atoms with Crippen molar-refractivity contribution in [1.82, 2.24) is 25.3 Å². The van der Waals surface area contributed by atoms with E-state index >= 15 is 0 Å². The molecule has 0 atom stereocenters. The number of carbonyl (C=O) groups is 2. The fourth-order valence-corrected chi connectivity index (χ4v) is 3.55. The molecule has 4 rings (SSSR count). The van der Waals surface area contributed by atoms with E-state index in [1.165, 1.54) is 6.08 Å². The van der Waals surface area contributed by atoms with Crippen molar-refractivity contribution in [3.8, 4) is 16.9 Å². The Morgan fingerprint density at radius 2 is 1.83 bits per heavy atom. The third-order valence-electron chi connectivity index (χ3n) is 5.29. The van der Waals surface area contributed by atoms with E-state index < -0.39 is 5.56 Å². The van der Waals surface area contributed by atoms with Crippen molar-refractivity contribution < 1.29 is 9.59 Å². The number of fused-ring (bicyclic) bond motifs is 1. The molecule has 2 amide bonds. The summed E-state index contributed by atoms with van der Waals surface area (Å²) in [4.78, 5) is 36.5. The van der Waals surface area contributed by atoms with Gasteiger partial charge in [0, 0.05) is 23.4 Å². The van der Waals surface area contributed by atoms with Gasteiger partial charge in [-0.05, 0) is 48.4 Å². The molecule has 2 heterocycles. The zero-order chi connectivity index (χ0) is 25.1. The number of carbonyl (C=O) groups excluding carboxylic acids is 2. The number of aromatic nitrogens is 4. The molecule has 178 valence electrons. The highest BCUT2D eigenvalue weighted by Gasteiger charge is 2.20. The Hall–Kier alpha value is -4.73. The van der Waals surface area contributed by atoms with Crippen LogP contribution >= 0.6 is 0 Å². The first-order valence-electron chi connectivity index (χ1n) is 11.0. The summed E-state index contributed by atoms with van der Waals surface area (Å²) < 4.78 is 1.59. The van der Waals surface area contributed by atoms with Gasteiger partial charge in [0.2, 0.25) is 5.91 Å². The van der Waals surface area contributed by atoms with Crippen LogP contribution in [0.4, 0.5) is 11.5 Å². The van der Waals surface area contributed by atoms with Gasteiger partial charge in [0.1, 0.15) is 0 Å². The third kappa shape index (κ3) is 4.81. The Bertz CT molecular complexity index is 1470. The maximum atomic E-state index is 12.5. The number of aromatic amines is 1. The van der Waals surface area contributed by atoms with Crippen LogP contribution in [0.2, 0.25) is 0 Å². The molecular weight excluding hydrogens is 446 g/mol. The first-order valence-corrected chi connectivity index (χ1v) is 11.0. The Morgan fingerprint density at radius 3 is 2.46 bits per heavy atom. The highest BCUT2D eigenvalue weighted by atomic mass is 16.2. The highest BCUT2D eigenvalue weighted by Crippen LogP contribution is 2.32. The fourth-order valence-electron chi connectivity index (χ4n) is 3.55. The summed E-state index contributed by atoms with van der Waals surface area (Å²) in [5, 5.41) is 16.7. The summed E-state index contributed by atoms with van der Waals surface area (Å²) in [5.74, 6) is -0.0389. The molecule has 0 saturated carbocycles. The highest BCUT2D eigenvalue weighted by molar-refractivity contribution is 6.01. The lowest BCUT2D eigenvalue weighted by Crippen LogP contribution is -2.27. The number of nitrogens with one attached hydrogen (secondary N) is 3. The van der Waals surface area contributed by atoms with E-state index in [1.54, 1.807) is 53.2 Å². The minimum atomic E-state index is -0.478. The average Bonchev–Trinajstić information content (AvgIpc) is 3.27. The molecule has 0 aliphatic carbocycles. The van der Waals surface area contributed by atoms with Crippen LogP contribution in [0.3, 0.4) is 0 Å². The Morgan fingerprint density at radius 1 is 1.14 bits per heavy atom. The molecule has 35 heavy (non-hydrogen) atoms. The van der Waals surface area contributed by atoms with E-state index in [9.17, 15) is 14.4 Å². The molecule has 2 aromatic carbocycles. The van der Waals surface area contributed by atoms with Crippen molar-refractivity contribution >= 4 is 34.2 Å².